The first kappa shape index (κ1) is 15.6. The predicted molar refractivity (Wildman–Crippen MR) is 71.3 cm³/mol. The van der Waals surface area contributed by atoms with Gasteiger partial charge in [0.15, 0.2) is 0 Å². The fraction of sp³-hybridized carbons (Fsp3) is 0.643. The molecule has 106 valence electrons. The summed E-state index contributed by atoms with van der Waals surface area (Å²) in [6.45, 7) is 5.69. The van der Waals surface area contributed by atoms with Gasteiger partial charge in [0.2, 0.25) is 0 Å². The SMILES string of the molecule is CCCCC(C(=O)OCC)C(C)(O)c1cnccn1. The zero-order valence-corrected chi connectivity index (χ0v) is 11.8. The highest BCUT2D eigenvalue weighted by atomic mass is 16.5. The average molecular weight is 266 g/mol. The van der Waals surface area contributed by atoms with Crippen molar-refractivity contribution in [3.8, 4) is 0 Å². The first-order chi connectivity index (χ1) is 9.04. The van der Waals surface area contributed by atoms with Crippen LogP contribution in [0.5, 0.6) is 0 Å². The summed E-state index contributed by atoms with van der Waals surface area (Å²) in [6, 6.07) is 0. The maximum Gasteiger partial charge on any atom is 0.312 e. The number of nitrogens with zero attached hydrogens (tertiary/aromatic N) is 2. The van der Waals surface area contributed by atoms with Gasteiger partial charge >= 0.3 is 5.97 Å². The van der Waals surface area contributed by atoms with E-state index in [0.29, 0.717) is 18.7 Å². The minimum Gasteiger partial charge on any atom is -0.466 e. The molecular weight excluding hydrogens is 244 g/mol. The van der Waals surface area contributed by atoms with Crippen LogP contribution >= 0.6 is 0 Å². The van der Waals surface area contributed by atoms with E-state index in [1.807, 2.05) is 6.92 Å². The largest absolute Gasteiger partial charge is 0.466 e. The van der Waals surface area contributed by atoms with Gasteiger partial charge in [-0.2, -0.15) is 0 Å². The van der Waals surface area contributed by atoms with Crippen LogP contribution in [0.3, 0.4) is 0 Å². The predicted octanol–water partition coefficient (Wildman–Crippen LogP) is 2.05. The number of carbonyl (C=O) groups excluding carboxylic acids is 1. The van der Waals surface area contributed by atoms with Gasteiger partial charge in [0.05, 0.1) is 24.4 Å². The monoisotopic (exact) mass is 266 g/mol. The van der Waals surface area contributed by atoms with Crippen LogP contribution in [0.25, 0.3) is 0 Å². The van der Waals surface area contributed by atoms with Gasteiger partial charge in [-0.1, -0.05) is 19.8 Å². The third kappa shape index (κ3) is 3.99. The van der Waals surface area contributed by atoms with Gasteiger partial charge in [-0.05, 0) is 20.3 Å². The molecule has 0 aliphatic rings. The third-order valence-corrected chi connectivity index (χ3v) is 3.18. The Balaban J connectivity index is 2.97. The van der Waals surface area contributed by atoms with Crippen LogP contribution in [0, 0.1) is 5.92 Å². The zero-order chi connectivity index (χ0) is 14.3. The molecule has 19 heavy (non-hydrogen) atoms. The molecule has 0 bridgehead atoms. The van der Waals surface area contributed by atoms with Crippen LogP contribution in [0.15, 0.2) is 18.6 Å². The van der Waals surface area contributed by atoms with Gasteiger partial charge < -0.3 is 9.84 Å². The van der Waals surface area contributed by atoms with Crippen molar-refractivity contribution in [1.82, 2.24) is 9.97 Å². The smallest absolute Gasteiger partial charge is 0.312 e. The number of ether oxygens (including phenoxy) is 1. The van der Waals surface area contributed by atoms with E-state index in [4.69, 9.17) is 4.74 Å². The Kier molecular flexibility index (Phi) is 5.89. The van der Waals surface area contributed by atoms with E-state index >= 15 is 0 Å². The van der Waals surface area contributed by atoms with E-state index in [9.17, 15) is 9.90 Å². The van der Waals surface area contributed by atoms with Crippen LogP contribution in [0.1, 0.15) is 45.7 Å². The maximum absolute atomic E-state index is 12.0. The topological polar surface area (TPSA) is 72.3 Å². The van der Waals surface area contributed by atoms with Gasteiger partial charge in [0.1, 0.15) is 5.60 Å². The fourth-order valence-corrected chi connectivity index (χ4v) is 2.02. The lowest BCUT2D eigenvalue weighted by molar-refractivity contribution is -0.159. The summed E-state index contributed by atoms with van der Waals surface area (Å²) < 4.78 is 5.06. The standard InChI is InChI=1S/C14H22N2O3/c1-4-6-7-11(13(17)19-5-2)14(3,18)12-10-15-8-9-16-12/h8-11,18H,4-7H2,1-3H3. The van der Waals surface area contributed by atoms with E-state index in [1.54, 1.807) is 13.8 Å². The Morgan fingerprint density at radius 2 is 2.21 bits per heavy atom. The Labute approximate surface area is 114 Å². The maximum atomic E-state index is 12.0. The Morgan fingerprint density at radius 1 is 1.47 bits per heavy atom. The van der Waals surface area contributed by atoms with Gasteiger partial charge in [-0.25, -0.2) is 0 Å². The summed E-state index contributed by atoms with van der Waals surface area (Å²) in [5.74, 6) is -1.00. The van der Waals surface area contributed by atoms with E-state index in [1.165, 1.54) is 18.6 Å². The average Bonchev–Trinajstić information content (AvgIpc) is 2.40. The number of unbranched alkanes of at least 4 members (excludes halogenated alkanes) is 1. The molecule has 1 aromatic heterocycles. The number of aromatic nitrogens is 2. The zero-order valence-electron chi connectivity index (χ0n) is 11.8. The summed E-state index contributed by atoms with van der Waals surface area (Å²) in [4.78, 5) is 20.1. The van der Waals surface area contributed by atoms with Gasteiger partial charge in [0, 0.05) is 12.4 Å². The number of rotatable bonds is 7. The van der Waals surface area contributed by atoms with Crippen LogP contribution < -0.4 is 0 Å². The molecular formula is C14H22N2O3. The molecule has 5 nitrogen and oxygen atoms in total. The Morgan fingerprint density at radius 3 is 2.74 bits per heavy atom. The number of hydrogen-bond acceptors (Lipinski definition) is 5. The lowest BCUT2D eigenvalue weighted by Crippen LogP contribution is -2.39. The fourth-order valence-electron chi connectivity index (χ4n) is 2.02. The van der Waals surface area contributed by atoms with Crippen molar-refractivity contribution in [3.63, 3.8) is 0 Å². The summed E-state index contributed by atoms with van der Waals surface area (Å²) in [6.07, 6.45) is 6.89. The highest BCUT2D eigenvalue weighted by Crippen LogP contribution is 2.32. The normalized spacial score (nSPS) is 15.6. The number of carbonyl (C=O) groups is 1. The molecule has 0 amide bonds. The second-order valence-corrected chi connectivity index (χ2v) is 4.69. The van der Waals surface area contributed by atoms with E-state index in [2.05, 4.69) is 9.97 Å². The molecule has 1 N–H and O–H groups in total. The molecule has 2 atom stereocenters. The van der Waals surface area contributed by atoms with Crippen LogP contribution in [-0.4, -0.2) is 27.7 Å². The molecule has 1 heterocycles. The van der Waals surface area contributed by atoms with E-state index in [0.717, 1.165) is 12.8 Å². The highest BCUT2D eigenvalue weighted by molar-refractivity contribution is 5.74. The molecule has 2 unspecified atom stereocenters. The quantitative estimate of drug-likeness (QED) is 0.765. The minimum absolute atomic E-state index is 0.304. The molecule has 1 aromatic rings. The molecule has 0 aliphatic carbocycles. The third-order valence-electron chi connectivity index (χ3n) is 3.18. The van der Waals surface area contributed by atoms with Crippen molar-refractivity contribution >= 4 is 5.97 Å². The molecule has 5 heteroatoms. The van der Waals surface area contributed by atoms with Gasteiger partial charge in [-0.15, -0.1) is 0 Å². The van der Waals surface area contributed by atoms with Crippen molar-refractivity contribution in [1.29, 1.82) is 0 Å². The molecule has 1 rings (SSSR count). The summed E-state index contributed by atoms with van der Waals surface area (Å²) in [5, 5.41) is 10.7. The summed E-state index contributed by atoms with van der Waals surface area (Å²) >= 11 is 0. The van der Waals surface area contributed by atoms with Gasteiger partial charge in [0.25, 0.3) is 0 Å². The van der Waals surface area contributed by atoms with E-state index < -0.39 is 11.5 Å². The van der Waals surface area contributed by atoms with Crippen molar-refractivity contribution in [3.05, 3.63) is 24.3 Å². The van der Waals surface area contributed by atoms with Crippen molar-refractivity contribution in [2.45, 2.75) is 45.6 Å². The number of aliphatic hydroxyl groups is 1. The number of hydrogen-bond donors (Lipinski definition) is 1. The molecule has 0 aromatic carbocycles. The second kappa shape index (κ2) is 7.19. The van der Waals surface area contributed by atoms with Crippen molar-refractivity contribution < 1.29 is 14.6 Å². The second-order valence-electron chi connectivity index (χ2n) is 4.69. The molecule has 0 saturated carbocycles. The lowest BCUT2D eigenvalue weighted by atomic mass is 9.83. The van der Waals surface area contributed by atoms with Crippen LogP contribution in [0.2, 0.25) is 0 Å². The van der Waals surface area contributed by atoms with Crippen LogP contribution in [-0.2, 0) is 15.1 Å². The summed E-state index contributed by atoms with van der Waals surface area (Å²) in [5.41, 5.74) is -0.973. The van der Waals surface area contributed by atoms with E-state index in [-0.39, 0.29) is 5.97 Å². The van der Waals surface area contributed by atoms with Crippen molar-refractivity contribution in [2.24, 2.45) is 5.92 Å². The first-order valence-corrected chi connectivity index (χ1v) is 6.69. The van der Waals surface area contributed by atoms with Crippen molar-refractivity contribution in [2.75, 3.05) is 6.61 Å². The Bertz CT molecular complexity index is 393. The lowest BCUT2D eigenvalue weighted by Gasteiger charge is -2.30. The molecule has 0 radical (unpaired) electrons. The molecule has 0 fully saturated rings. The molecule has 0 aliphatic heterocycles. The number of esters is 1. The van der Waals surface area contributed by atoms with Crippen LogP contribution in [0.4, 0.5) is 0 Å². The highest BCUT2D eigenvalue weighted by Gasteiger charge is 2.40. The summed E-state index contributed by atoms with van der Waals surface area (Å²) in [7, 11) is 0. The molecule has 0 spiro atoms. The van der Waals surface area contributed by atoms with Gasteiger partial charge in [-0.3, -0.25) is 14.8 Å². The first-order valence-electron chi connectivity index (χ1n) is 6.69. The Hall–Kier alpha value is -1.49. The minimum atomic E-state index is -1.37. The molecule has 0 saturated heterocycles.